The topological polar surface area (TPSA) is 184 Å². The fourth-order valence-electron chi connectivity index (χ4n) is 8.79. The van der Waals surface area contributed by atoms with Gasteiger partial charge in [-0.25, -0.2) is 37.5 Å². The van der Waals surface area contributed by atoms with E-state index in [1.165, 1.54) is 72.6 Å². The van der Waals surface area contributed by atoms with Crippen LogP contribution in [-0.2, 0) is 13.1 Å². The molecule has 0 radical (unpaired) electrons. The average molecular weight is 1030 g/mol. The summed E-state index contributed by atoms with van der Waals surface area (Å²) in [5.74, 6) is 1.28. The summed E-state index contributed by atoms with van der Waals surface area (Å²) in [6.07, 6.45) is -1.63. The van der Waals surface area contributed by atoms with Gasteiger partial charge in [-0.3, -0.25) is 0 Å². The van der Waals surface area contributed by atoms with Crippen LogP contribution in [-0.4, -0.2) is 86.0 Å². The van der Waals surface area contributed by atoms with E-state index in [0.29, 0.717) is 47.8 Å². The predicted molar refractivity (Wildman–Crippen MR) is 249 cm³/mol. The first-order valence-electron chi connectivity index (χ1n) is 23.1. The average Bonchev–Trinajstić information content (AvgIpc) is 4.11. The number of halogens is 8. The van der Waals surface area contributed by atoms with E-state index >= 15 is 8.78 Å². The van der Waals surface area contributed by atoms with Gasteiger partial charge in [0, 0.05) is 48.4 Å². The Morgan fingerprint density at radius 2 is 0.932 bits per heavy atom. The molecule has 0 saturated heterocycles. The molecule has 6 heterocycles. The third kappa shape index (κ3) is 11.8. The fraction of sp³-hybridized carbons (Fsp3) is 0.333. The molecule has 0 unspecified atom stereocenters. The number of benzene rings is 4. The van der Waals surface area contributed by atoms with E-state index in [0.717, 1.165) is 49.7 Å². The van der Waals surface area contributed by atoms with E-state index in [2.05, 4.69) is 60.4 Å². The Kier molecular flexibility index (Phi) is 14.4. The molecule has 26 heteroatoms. The van der Waals surface area contributed by atoms with E-state index < -0.39 is 24.4 Å². The Balaban J connectivity index is 0.000000182. The standard InChI is InChI=1S/2C24H23F4N7O2/c2*1-14-29-13-35(32-14)21-19(25)11-16(12-20(21)36-2)30-23-31-22-18(5-3-4-10-34(22)33-23)15-6-8-17(9-7-15)37-24(26,27)28/h2*6-9,11-13,18H,3-5,10H2,1-2H3,(H,30,33)/t2*18-/m10/s1. The minimum Gasteiger partial charge on any atom is -0.494 e. The number of nitrogens with one attached hydrogen (secondary N) is 2. The first-order valence-corrected chi connectivity index (χ1v) is 23.1. The number of aryl methyl sites for hydroxylation is 4. The van der Waals surface area contributed by atoms with Crippen LogP contribution in [0.1, 0.15) is 84.8 Å². The maximum absolute atomic E-state index is 15.1. The zero-order valence-corrected chi connectivity index (χ0v) is 39.9. The fourth-order valence-corrected chi connectivity index (χ4v) is 8.79. The summed E-state index contributed by atoms with van der Waals surface area (Å²) in [6.45, 7) is 4.67. The van der Waals surface area contributed by atoms with Crippen LogP contribution in [0.4, 0.5) is 58.4 Å². The van der Waals surface area contributed by atoms with Crippen LogP contribution in [0.5, 0.6) is 23.0 Å². The molecule has 0 spiro atoms. The van der Waals surface area contributed by atoms with Crippen LogP contribution in [0.2, 0.25) is 0 Å². The molecular weight excluding hydrogens is 989 g/mol. The highest BCUT2D eigenvalue weighted by atomic mass is 19.4. The van der Waals surface area contributed by atoms with Gasteiger partial charge in [-0.15, -0.1) is 36.5 Å². The summed E-state index contributed by atoms with van der Waals surface area (Å²) in [5.41, 5.74) is 2.61. The van der Waals surface area contributed by atoms with Crippen molar-refractivity contribution < 1.29 is 54.1 Å². The molecule has 2 aliphatic rings. The van der Waals surface area contributed by atoms with Gasteiger partial charge >= 0.3 is 12.7 Å². The molecule has 0 fully saturated rings. The molecule has 0 saturated carbocycles. The number of anilines is 4. The van der Waals surface area contributed by atoms with Gasteiger partial charge in [0.1, 0.15) is 70.3 Å². The SMILES string of the molecule is COc1cc(Nc2nc3n(n2)CCCC[C@@H]3c2ccc(OC(F)(F)F)cc2)cc(F)c1-n1cnc(C)n1.COc1cc(Nc2nc3n(n2)CCCC[C@H]3c2ccc(OC(F)(F)F)cc2)cc(F)c1-n1cnc(C)n1. The zero-order chi connectivity index (χ0) is 52.3. The number of methoxy groups -OCH3 is 2. The van der Waals surface area contributed by atoms with Crippen molar-refractivity contribution in [3.8, 4) is 34.4 Å². The molecule has 2 N–H and O–H groups in total. The molecule has 4 aromatic carbocycles. The molecule has 0 bridgehead atoms. The van der Waals surface area contributed by atoms with E-state index in [-0.39, 0.29) is 58.1 Å². The largest absolute Gasteiger partial charge is 0.573 e. The second-order valence-corrected chi connectivity index (χ2v) is 17.1. The second kappa shape index (κ2) is 21.0. The second-order valence-electron chi connectivity index (χ2n) is 17.1. The van der Waals surface area contributed by atoms with Crippen molar-refractivity contribution in [1.82, 2.24) is 59.1 Å². The van der Waals surface area contributed by atoms with Crippen molar-refractivity contribution in [3.63, 3.8) is 0 Å². The molecule has 4 aromatic heterocycles. The van der Waals surface area contributed by atoms with Gasteiger partial charge in [-0.1, -0.05) is 37.1 Å². The Morgan fingerprint density at radius 1 is 0.541 bits per heavy atom. The van der Waals surface area contributed by atoms with Crippen LogP contribution < -0.4 is 29.6 Å². The van der Waals surface area contributed by atoms with Gasteiger partial charge in [0.15, 0.2) is 11.6 Å². The van der Waals surface area contributed by atoms with E-state index in [9.17, 15) is 26.3 Å². The summed E-state index contributed by atoms with van der Waals surface area (Å²) in [6, 6.07) is 17.4. The molecule has 0 aliphatic carbocycles. The van der Waals surface area contributed by atoms with Gasteiger partial charge in [0.25, 0.3) is 0 Å². The van der Waals surface area contributed by atoms with Crippen molar-refractivity contribution in [2.75, 3.05) is 24.9 Å². The van der Waals surface area contributed by atoms with Gasteiger partial charge in [0.05, 0.1) is 14.2 Å². The monoisotopic (exact) mass is 1030 g/mol. The Morgan fingerprint density at radius 3 is 1.27 bits per heavy atom. The van der Waals surface area contributed by atoms with Crippen molar-refractivity contribution in [2.45, 2.75) is 90.0 Å². The Labute approximate surface area is 416 Å². The minimum absolute atomic E-state index is 0.125. The first kappa shape index (κ1) is 50.6. The lowest BCUT2D eigenvalue weighted by Gasteiger charge is -2.15. The van der Waals surface area contributed by atoms with Crippen molar-refractivity contribution in [3.05, 3.63) is 132 Å². The van der Waals surface area contributed by atoms with E-state index in [1.54, 1.807) is 59.6 Å². The lowest BCUT2D eigenvalue weighted by Crippen LogP contribution is -2.17. The van der Waals surface area contributed by atoms with Crippen molar-refractivity contribution in [1.29, 1.82) is 0 Å². The van der Waals surface area contributed by atoms with Crippen LogP contribution in [0.3, 0.4) is 0 Å². The lowest BCUT2D eigenvalue weighted by molar-refractivity contribution is -0.275. The van der Waals surface area contributed by atoms with E-state index in [4.69, 9.17) is 9.47 Å². The molecule has 18 nitrogen and oxygen atoms in total. The van der Waals surface area contributed by atoms with Crippen LogP contribution in [0, 0.1) is 25.5 Å². The number of rotatable bonds is 12. The number of nitrogens with zero attached hydrogens (tertiary/aromatic N) is 12. The Hall–Kier alpha value is -8.32. The van der Waals surface area contributed by atoms with Crippen molar-refractivity contribution >= 4 is 23.3 Å². The summed E-state index contributed by atoms with van der Waals surface area (Å²) in [4.78, 5) is 17.4. The van der Waals surface area contributed by atoms with Gasteiger partial charge < -0.3 is 29.6 Å². The highest BCUT2D eigenvalue weighted by Gasteiger charge is 2.33. The van der Waals surface area contributed by atoms with Gasteiger partial charge in [-0.05, 0) is 87.1 Å². The quantitative estimate of drug-likeness (QED) is 0.110. The van der Waals surface area contributed by atoms with Crippen LogP contribution in [0.25, 0.3) is 11.4 Å². The number of ether oxygens (including phenoxy) is 4. The zero-order valence-electron chi connectivity index (χ0n) is 39.9. The number of aromatic nitrogens is 12. The van der Waals surface area contributed by atoms with Gasteiger partial charge in [0.2, 0.25) is 11.9 Å². The predicted octanol–water partition coefficient (Wildman–Crippen LogP) is 10.5. The third-order valence-corrected chi connectivity index (χ3v) is 12.0. The first-order chi connectivity index (χ1) is 35.4. The maximum atomic E-state index is 15.1. The molecular formula is C48H46F8N14O4. The normalized spacial score (nSPS) is 15.7. The Bertz CT molecular complexity index is 3010. The molecule has 8 aromatic rings. The third-order valence-electron chi connectivity index (χ3n) is 12.0. The molecule has 2 atom stereocenters. The number of hydrogen-bond donors (Lipinski definition) is 2. The lowest BCUT2D eigenvalue weighted by atomic mass is 9.93. The van der Waals surface area contributed by atoms with E-state index in [1.807, 2.05) is 0 Å². The number of fused-ring (bicyclic) bond motifs is 2. The summed E-state index contributed by atoms with van der Waals surface area (Å²) in [7, 11) is 2.86. The molecule has 388 valence electrons. The van der Waals surface area contributed by atoms with Gasteiger partial charge in [-0.2, -0.15) is 20.2 Å². The highest BCUT2D eigenvalue weighted by Crippen LogP contribution is 2.38. The number of hydrogen-bond acceptors (Lipinski definition) is 14. The molecule has 2 aliphatic heterocycles. The van der Waals surface area contributed by atoms with Crippen LogP contribution >= 0.6 is 0 Å². The smallest absolute Gasteiger partial charge is 0.494 e. The summed E-state index contributed by atoms with van der Waals surface area (Å²) < 4.78 is 130. The van der Waals surface area contributed by atoms with Crippen molar-refractivity contribution in [2.24, 2.45) is 0 Å². The van der Waals surface area contributed by atoms with Crippen LogP contribution in [0.15, 0.2) is 85.5 Å². The maximum Gasteiger partial charge on any atom is 0.573 e. The summed E-state index contributed by atoms with van der Waals surface area (Å²) in [5, 5.41) is 23.5. The summed E-state index contributed by atoms with van der Waals surface area (Å²) >= 11 is 0. The molecule has 0 amide bonds. The molecule has 74 heavy (non-hydrogen) atoms. The number of alkyl halides is 6. The minimum atomic E-state index is -4.75. The molecule has 10 rings (SSSR count). The highest BCUT2D eigenvalue weighted by molar-refractivity contribution is 5.63.